The summed E-state index contributed by atoms with van der Waals surface area (Å²) in [5.74, 6) is 0.459. The highest BCUT2D eigenvalue weighted by Crippen LogP contribution is 2.23. The summed E-state index contributed by atoms with van der Waals surface area (Å²) in [5.41, 5.74) is 0.429. The van der Waals surface area contributed by atoms with E-state index in [4.69, 9.17) is 4.74 Å². The average Bonchev–Trinajstić information content (AvgIpc) is 3.03. The lowest BCUT2D eigenvalue weighted by Crippen LogP contribution is -2.39. The van der Waals surface area contributed by atoms with E-state index in [9.17, 15) is 8.42 Å². The van der Waals surface area contributed by atoms with E-state index >= 15 is 0 Å². The molecule has 1 fully saturated rings. The molecule has 26 heavy (non-hydrogen) atoms. The van der Waals surface area contributed by atoms with Gasteiger partial charge in [0.1, 0.15) is 0 Å². The highest BCUT2D eigenvalue weighted by atomic mass is 32.2. The van der Waals surface area contributed by atoms with Gasteiger partial charge in [-0.15, -0.1) is 5.10 Å². The monoisotopic (exact) mass is 386 g/mol. The smallest absolute Gasteiger partial charge is 0.152 e. The van der Waals surface area contributed by atoms with Crippen LogP contribution in [0.3, 0.4) is 0 Å². The molecule has 0 N–H and O–H groups in total. The average molecular weight is 387 g/mol. The van der Waals surface area contributed by atoms with Gasteiger partial charge in [-0.1, -0.05) is 25.0 Å². The van der Waals surface area contributed by atoms with E-state index in [0.717, 1.165) is 18.5 Å². The Morgan fingerprint density at radius 3 is 2.46 bits per heavy atom. The quantitative estimate of drug-likeness (QED) is 0.648. The van der Waals surface area contributed by atoms with Crippen LogP contribution < -0.4 is 0 Å². The van der Waals surface area contributed by atoms with Crippen LogP contribution in [0, 0.1) is 0 Å². The number of hydrogen-bond acceptors (Lipinski definition) is 6. The van der Waals surface area contributed by atoms with E-state index in [1.807, 2.05) is 10.9 Å². The minimum absolute atomic E-state index is 0.143. The molecule has 2 rings (SSSR count). The van der Waals surface area contributed by atoms with Crippen molar-refractivity contribution in [3.05, 3.63) is 11.9 Å². The molecule has 0 radical (unpaired) electrons. The van der Waals surface area contributed by atoms with Crippen LogP contribution in [0.15, 0.2) is 6.20 Å². The van der Waals surface area contributed by atoms with Crippen LogP contribution in [0.4, 0.5) is 0 Å². The zero-order chi connectivity index (χ0) is 19.4. The standard InChI is InChI=1S/C18H34N4O3S/c1-6-7-8-18(4,5)25-15-17(2,3)22-14-16(19-20-22)13-21-9-11-26(23,24)12-10-21/h14H,6-13,15H2,1-5H3. The Morgan fingerprint density at radius 1 is 1.19 bits per heavy atom. The van der Waals surface area contributed by atoms with Crippen molar-refractivity contribution in [3.63, 3.8) is 0 Å². The molecule has 150 valence electrons. The number of unbranched alkanes of at least 4 members (excludes halogenated alkanes) is 1. The molecule has 2 heterocycles. The molecule has 0 atom stereocenters. The molecule has 0 unspecified atom stereocenters. The first-order valence-corrected chi connectivity index (χ1v) is 11.3. The van der Waals surface area contributed by atoms with Crippen molar-refractivity contribution in [3.8, 4) is 0 Å². The van der Waals surface area contributed by atoms with Crippen LogP contribution in [-0.4, -0.2) is 65.1 Å². The molecular weight excluding hydrogens is 352 g/mol. The summed E-state index contributed by atoms with van der Waals surface area (Å²) < 4.78 is 31.1. The van der Waals surface area contributed by atoms with Gasteiger partial charge in [-0.2, -0.15) is 0 Å². The molecular formula is C18H34N4O3S. The lowest BCUT2D eigenvalue weighted by molar-refractivity contribution is -0.0592. The van der Waals surface area contributed by atoms with Crippen molar-refractivity contribution >= 4 is 9.84 Å². The van der Waals surface area contributed by atoms with Crippen molar-refractivity contribution in [2.24, 2.45) is 0 Å². The highest BCUT2D eigenvalue weighted by Gasteiger charge is 2.28. The van der Waals surface area contributed by atoms with Gasteiger partial charge in [-0.3, -0.25) is 4.90 Å². The summed E-state index contributed by atoms with van der Waals surface area (Å²) in [6.07, 6.45) is 5.32. The van der Waals surface area contributed by atoms with E-state index in [2.05, 4.69) is 49.8 Å². The largest absolute Gasteiger partial charge is 0.373 e. The topological polar surface area (TPSA) is 77.3 Å². The van der Waals surface area contributed by atoms with E-state index < -0.39 is 9.84 Å². The fourth-order valence-electron chi connectivity index (χ4n) is 2.92. The first-order chi connectivity index (χ1) is 12.0. The van der Waals surface area contributed by atoms with Crippen LogP contribution in [0.5, 0.6) is 0 Å². The third-order valence-electron chi connectivity index (χ3n) is 4.93. The van der Waals surface area contributed by atoms with Crippen LogP contribution in [0.25, 0.3) is 0 Å². The van der Waals surface area contributed by atoms with Crippen LogP contribution >= 0.6 is 0 Å². The summed E-state index contributed by atoms with van der Waals surface area (Å²) >= 11 is 0. The first-order valence-electron chi connectivity index (χ1n) is 9.51. The van der Waals surface area contributed by atoms with Crippen molar-refractivity contribution in [1.82, 2.24) is 19.9 Å². The highest BCUT2D eigenvalue weighted by molar-refractivity contribution is 7.91. The van der Waals surface area contributed by atoms with Crippen molar-refractivity contribution < 1.29 is 13.2 Å². The molecule has 0 saturated carbocycles. The third kappa shape index (κ3) is 6.32. The number of rotatable bonds is 9. The van der Waals surface area contributed by atoms with Gasteiger partial charge in [0.15, 0.2) is 9.84 Å². The third-order valence-corrected chi connectivity index (χ3v) is 6.54. The molecule has 8 heteroatoms. The fourth-order valence-corrected chi connectivity index (χ4v) is 4.19. The van der Waals surface area contributed by atoms with Gasteiger partial charge < -0.3 is 4.74 Å². The summed E-state index contributed by atoms with van der Waals surface area (Å²) in [4.78, 5) is 2.12. The van der Waals surface area contributed by atoms with Gasteiger partial charge in [0, 0.05) is 19.6 Å². The van der Waals surface area contributed by atoms with Gasteiger partial charge in [-0.25, -0.2) is 13.1 Å². The molecule has 0 aliphatic carbocycles. The molecule has 1 aromatic heterocycles. The van der Waals surface area contributed by atoms with Gasteiger partial charge >= 0.3 is 0 Å². The molecule has 0 aromatic carbocycles. The Bertz CT molecular complexity index is 668. The molecule has 1 aromatic rings. The Hall–Kier alpha value is -0.990. The summed E-state index contributed by atoms with van der Waals surface area (Å²) in [6.45, 7) is 13.0. The normalized spacial score (nSPS) is 19.0. The maximum absolute atomic E-state index is 11.5. The van der Waals surface area contributed by atoms with Crippen molar-refractivity contribution in [2.45, 2.75) is 71.6 Å². The molecule has 0 spiro atoms. The number of aromatic nitrogens is 3. The van der Waals surface area contributed by atoms with Gasteiger partial charge in [-0.05, 0) is 34.1 Å². The van der Waals surface area contributed by atoms with E-state index in [0.29, 0.717) is 26.2 Å². The second-order valence-electron chi connectivity index (χ2n) is 8.55. The Kier molecular flexibility index (Phi) is 6.85. The second kappa shape index (κ2) is 8.35. The second-order valence-corrected chi connectivity index (χ2v) is 10.9. The zero-order valence-electron chi connectivity index (χ0n) is 16.9. The lowest BCUT2D eigenvalue weighted by Gasteiger charge is -2.32. The van der Waals surface area contributed by atoms with Gasteiger partial charge in [0.25, 0.3) is 0 Å². The number of hydrogen-bond donors (Lipinski definition) is 0. The van der Waals surface area contributed by atoms with Crippen LogP contribution in [0.2, 0.25) is 0 Å². The van der Waals surface area contributed by atoms with Crippen molar-refractivity contribution in [1.29, 1.82) is 0 Å². The van der Waals surface area contributed by atoms with Gasteiger partial charge in [0.2, 0.25) is 0 Å². The van der Waals surface area contributed by atoms with E-state index in [-0.39, 0.29) is 22.6 Å². The first kappa shape index (κ1) is 21.3. The predicted molar refractivity (Wildman–Crippen MR) is 103 cm³/mol. The molecule has 0 amide bonds. The zero-order valence-corrected chi connectivity index (χ0v) is 17.7. The molecule has 7 nitrogen and oxygen atoms in total. The minimum Gasteiger partial charge on any atom is -0.373 e. The summed E-state index contributed by atoms with van der Waals surface area (Å²) in [5, 5.41) is 8.56. The maximum atomic E-state index is 11.5. The van der Waals surface area contributed by atoms with Gasteiger partial charge in [0.05, 0.1) is 41.1 Å². The minimum atomic E-state index is -2.85. The van der Waals surface area contributed by atoms with Crippen LogP contribution in [0.1, 0.15) is 59.6 Å². The Labute approximate surface area is 158 Å². The van der Waals surface area contributed by atoms with Crippen LogP contribution in [-0.2, 0) is 26.7 Å². The summed E-state index contributed by atoms with van der Waals surface area (Å²) in [6, 6.07) is 0. The number of nitrogens with zero attached hydrogens (tertiary/aromatic N) is 4. The Balaban J connectivity index is 1.90. The molecule has 0 bridgehead atoms. The summed E-state index contributed by atoms with van der Waals surface area (Å²) in [7, 11) is -2.85. The van der Waals surface area contributed by atoms with E-state index in [1.165, 1.54) is 6.42 Å². The Morgan fingerprint density at radius 2 is 1.85 bits per heavy atom. The van der Waals surface area contributed by atoms with Crippen molar-refractivity contribution in [2.75, 3.05) is 31.2 Å². The number of ether oxygens (including phenoxy) is 1. The molecule has 1 saturated heterocycles. The maximum Gasteiger partial charge on any atom is 0.152 e. The molecule has 1 aliphatic rings. The SMILES string of the molecule is CCCCC(C)(C)OCC(C)(C)n1cc(CN2CCS(=O)(=O)CC2)nn1. The number of sulfone groups is 1. The fraction of sp³-hybridized carbons (Fsp3) is 0.889. The van der Waals surface area contributed by atoms with E-state index in [1.54, 1.807) is 0 Å². The lowest BCUT2D eigenvalue weighted by atomic mass is 10.0. The molecule has 1 aliphatic heterocycles. The predicted octanol–water partition coefficient (Wildman–Crippen LogP) is 2.23.